The van der Waals surface area contributed by atoms with Gasteiger partial charge in [-0.3, -0.25) is 0 Å². The standard InChI is InChI=1S/C12H17NO/c1-9-8-13-6-5-10-7-11(14-2)3-4-12(9)10/h3-4,7,9,13H,5-6,8H2,1-2H3. The normalized spacial score (nSPS) is 21.1. The van der Waals surface area contributed by atoms with Gasteiger partial charge in [0.05, 0.1) is 7.11 Å². The fourth-order valence-electron chi connectivity index (χ4n) is 2.06. The van der Waals surface area contributed by atoms with Crippen LogP contribution in [-0.2, 0) is 6.42 Å². The van der Waals surface area contributed by atoms with Gasteiger partial charge in [-0.2, -0.15) is 0 Å². The molecule has 0 radical (unpaired) electrons. The lowest BCUT2D eigenvalue weighted by Gasteiger charge is -2.12. The summed E-state index contributed by atoms with van der Waals surface area (Å²) in [6.07, 6.45) is 1.11. The predicted octanol–water partition coefficient (Wildman–Crippen LogP) is 1.94. The van der Waals surface area contributed by atoms with Gasteiger partial charge in [0.15, 0.2) is 0 Å². The van der Waals surface area contributed by atoms with Crippen LogP contribution in [0.3, 0.4) is 0 Å². The first-order valence-corrected chi connectivity index (χ1v) is 5.19. The van der Waals surface area contributed by atoms with Gasteiger partial charge in [0.2, 0.25) is 0 Å². The number of benzene rings is 1. The largest absolute Gasteiger partial charge is 0.497 e. The summed E-state index contributed by atoms with van der Waals surface area (Å²) in [7, 11) is 1.72. The molecule has 0 aromatic heterocycles. The number of hydrogen-bond acceptors (Lipinski definition) is 2. The Morgan fingerprint density at radius 1 is 1.43 bits per heavy atom. The summed E-state index contributed by atoms with van der Waals surface area (Å²) < 4.78 is 5.24. The lowest BCUT2D eigenvalue weighted by Crippen LogP contribution is -2.18. The molecule has 1 aromatic rings. The molecule has 76 valence electrons. The Morgan fingerprint density at radius 3 is 3.07 bits per heavy atom. The van der Waals surface area contributed by atoms with Crippen molar-refractivity contribution in [2.45, 2.75) is 19.3 Å². The molecule has 2 rings (SSSR count). The maximum atomic E-state index is 5.24. The highest BCUT2D eigenvalue weighted by Gasteiger charge is 2.14. The minimum Gasteiger partial charge on any atom is -0.497 e. The van der Waals surface area contributed by atoms with Gasteiger partial charge in [-0.1, -0.05) is 13.0 Å². The molecule has 1 N–H and O–H groups in total. The molecule has 0 bridgehead atoms. The highest BCUT2D eigenvalue weighted by Crippen LogP contribution is 2.25. The molecule has 1 aliphatic rings. The van der Waals surface area contributed by atoms with Crippen molar-refractivity contribution in [3.05, 3.63) is 29.3 Å². The van der Waals surface area contributed by atoms with Crippen molar-refractivity contribution in [2.24, 2.45) is 0 Å². The molecule has 1 heterocycles. The van der Waals surface area contributed by atoms with Crippen molar-refractivity contribution in [3.63, 3.8) is 0 Å². The maximum absolute atomic E-state index is 5.24. The summed E-state index contributed by atoms with van der Waals surface area (Å²) in [6.45, 7) is 4.42. The molecule has 1 unspecified atom stereocenters. The van der Waals surface area contributed by atoms with Gasteiger partial charge in [0.25, 0.3) is 0 Å². The summed E-state index contributed by atoms with van der Waals surface area (Å²) in [5, 5.41) is 3.44. The zero-order valence-electron chi connectivity index (χ0n) is 8.84. The Labute approximate surface area is 85.3 Å². The minimum atomic E-state index is 0.610. The fraction of sp³-hybridized carbons (Fsp3) is 0.500. The van der Waals surface area contributed by atoms with E-state index in [0.29, 0.717) is 5.92 Å². The van der Waals surface area contributed by atoms with E-state index in [4.69, 9.17) is 4.74 Å². The molecule has 0 spiro atoms. The third kappa shape index (κ3) is 1.75. The lowest BCUT2D eigenvalue weighted by molar-refractivity contribution is 0.414. The van der Waals surface area contributed by atoms with Crippen LogP contribution in [0.25, 0.3) is 0 Å². The lowest BCUT2D eigenvalue weighted by atomic mass is 9.95. The highest BCUT2D eigenvalue weighted by molar-refractivity contribution is 5.38. The maximum Gasteiger partial charge on any atom is 0.119 e. The number of fused-ring (bicyclic) bond motifs is 1. The summed E-state index contributed by atoms with van der Waals surface area (Å²) in [5.41, 5.74) is 2.90. The number of ether oxygens (including phenoxy) is 1. The average molecular weight is 191 g/mol. The van der Waals surface area contributed by atoms with Gasteiger partial charge in [-0.25, -0.2) is 0 Å². The van der Waals surface area contributed by atoms with Crippen molar-refractivity contribution >= 4 is 0 Å². The SMILES string of the molecule is COc1ccc2c(c1)CCNCC2C. The zero-order valence-corrected chi connectivity index (χ0v) is 8.84. The Balaban J connectivity index is 2.38. The van der Waals surface area contributed by atoms with Crippen molar-refractivity contribution in [3.8, 4) is 5.75 Å². The Bertz CT molecular complexity index is 322. The van der Waals surface area contributed by atoms with Crippen LogP contribution >= 0.6 is 0 Å². The van der Waals surface area contributed by atoms with Crippen molar-refractivity contribution < 1.29 is 4.74 Å². The Kier molecular flexibility index (Phi) is 2.73. The number of nitrogens with one attached hydrogen (secondary N) is 1. The van der Waals surface area contributed by atoms with Crippen LogP contribution in [0.4, 0.5) is 0 Å². The third-order valence-electron chi connectivity index (χ3n) is 2.90. The topological polar surface area (TPSA) is 21.3 Å². The first-order chi connectivity index (χ1) is 6.81. The molecule has 14 heavy (non-hydrogen) atoms. The third-order valence-corrected chi connectivity index (χ3v) is 2.90. The van der Waals surface area contributed by atoms with E-state index in [1.807, 2.05) is 0 Å². The number of methoxy groups -OCH3 is 1. The molecule has 0 aliphatic carbocycles. The first kappa shape index (κ1) is 9.53. The van der Waals surface area contributed by atoms with E-state index in [1.165, 1.54) is 11.1 Å². The molecular formula is C12H17NO. The smallest absolute Gasteiger partial charge is 0.119 e. The van der Waals surface area contributed by atoms with Crippen LogP contribution in [0.2, 0.25) is 0 Å². The van der Waals surface area contributed by atoms with Crippen molar-refractivity contribution in [1.29, 1.82) is 0 Å². The Hall–Kier alpha value is -1.02. The van der Waals surface area contributed by atoms with Gasteiger partial charge in [0.1, 0.15) is 5.75 Å². The van der Waals surface area contributed by atoms with Gasteiger partial charge >= 0.3 is 0 Å². The summed E-state index contributed by atoms with van der Waals surface area (Å²) in [6, 6.07) is 6.42. The minimum absolute atomic E-state index is 0.610. The van der Waals surface area contributed by atoms with Crippen LogP contribution in [0.1, 0.15) is 24.0 Å². The summed E-state index contributed by atoms with van der Waals surface area (Å²) in [4.78, 5) is 0. The molecule has 1 atom stereocenters. The second-order valence-electron chi connectivity index (χ2n) is 3.92. The molecule has 0 fully saturated rings. The van der Waals surface area contributed by atoms with Crippen molar-refractivity contribution in [1.82, 2.24) is 5.32 Å². The number of hydrogen-bond donors (Lipinski definition) is 1. The van der Waals surface area contributed by atoms with Crippen LogP contribution in [0.5, 0.6) is 5.75 Å². The average Bonchev–Trinajstić information content (AvgIpc) is 2.40. The molecular weight excluding hydrogens is 174 g/mol. The van der Waals surface area contributed by atoms with E-state index in [1.54, 1.807) is 7.11 Å². The van der Waals surface area contributed by atoms with Gasteiger partial charge in [0, 0.05) is 6.54 Å². The van der Waals surface area contributed by atoms with Crippen LogP contribution in [0.15, 0.2) is 18.2 Å². The zero-order chi connectivity index (χ0) is 9.97. The molecule has 1 aromatic carbocycles. The second-order valence-corrected chi connectivity index (χ2v) is 3.92. The summed E-state index contributed by atoms with van der Waals surface area (Å²) >= 11 is 0. The molecule has 0 saturated carbocycles. The summed E-state index contributed by atoms with van der Waals surface area (Å²) in [5.74, 6) is 1.58. The van der Waals surface area contributed by atoms with E-state index in [0.717, 1.165) is 25.3 Å². The highest BCUT2D eigenvalue weighted by atomic mass is 16.5. The molecule has 2 heteroatoms. The van der Waals surface area contributed by atoms with Crippen LogP contribution in [0, 0.1) is 0 Å². The molecule has 0 amide bonds. The van der Waals surface area contributed by atoms with Gasteiger partial charge < -0.3 is 10.1 Å². The van der Waals surface area contributed by atoms with E-state index in [2.05, 4.69) is 30.4 Å². The Morgan fingerprint density at radius 2 is 2.29 bits per heavy atom. The van der Waals surface area contributed by atoms with E-state index >= 15 is 0 Å². The second kappa shape index (κ2) is 4.01. The van der Waals surface area contributed by atoms with E-state index in [9.17, 15) is 0 Å². The fourth-order valence-corrected chi connectivity index (χ4v) is 2.06. The molecule has 1 aliphatic heterocycles. The van der Waals surface area contributed by atoms with Crippen LogP contribution < -0.4 is 10.1 Å². The van der Waals surface area contributed by atoms with Crippen LogP contribution in [-0.4, -0.2) is 20.2 Å². The molecule has 2 nitrogen and oxygen atoms in total. The monoisotopic (exact) mass is 191 g/mol. The first-order valence-electron chi connectivity index (χ1n) is 5.19. The predicted molar refractivity (Wildman–Crippen MR) is 58.0 cm³/mol. The van der Waals surface area contributed by atoms with Gasteiger partial charge in [-0.05, 0) is 42.1 Å². The van der Waals surface area contributed by atoms with Gasteiger partial charge in [-0.15, -0.1) is 0 Å². The van der Waals surface area contributed by atoms with E-state index in [-0.39, 0.29) is 0 Å². The van der Waals surface area contributed by atoms with E-state index < -0.39 is 0 Å². The number of rotatable bonds is 1. The van der Waals surface area contributed by atoms with Crippen molar-refractivity contribution in [2.75, 3.05) is 20.2 Å². The molecule has 0 saturated heterocycles. The quantitative estimate of drug-likeness (QED) is 0.732.